The first-order chi connectivity index (χ1) is 7.41. The first-order valence-electron chi connectivity index (χ1n) is 5.95. The van der Waals surface area contributed by atoms with Crippen LogP contribution in [0.2, 0.25) is 0 Å². The molecule has 1 fully saturated rings. The average Bonchev–Trinajstić information content (AvgIpc) is 2.65. The van der Waals surface area contributed by atoms with E-state index in [1.54, 1.807) is 0 Å². The zero-order chi connectivity index (χ0) is 12.3. The van der Waals surface area contributed by atoms with Gasteiger partial charge in [-0.25, -0.2) is 0 Å². The smallest absolute Gasteiger partial charge is 0.306 e. The molecule has 1 rings (SSSR count). The summed E-state index contributed by atoms with van der Waals surface area (Å²) >= 11 is 0. The molecule has 1 aliphatic carbocycles. The normalized spacial score (nSPS) is 26.8. The van der Waals surface area contributed by atoms with Crippen LogP contribution in [0.25, 0.3) is 0 Å². The van der Waals surface area contributed by atoms with Crippen LogP contribution in [0, 0.1) is 17.8 Å². The summed E-state index contributed by atoms with van der Waals surface area (Å²) in [6, 6.07) is 0.149. The van der Waals surface area contributed by atoms with Gasteiger partial charge in [-0.3, -0.25) is 9.59 Å². The lowest BCUT2D eigenvalue weighted by molar-refractivity contribution is -0.141. The second-order valence-corrected chi connectivity index (χ2v) is 5.09. The number of rotatable bonds is 4. The minimum absolute atomic E-state index is 0.0185. The number of carbonyl (C=O) groups is 2. The number of amides is 1. The van der Waals surface area contributed by atoms with Gasteiger partial charge in [0.15, 0.2) is 0 Å². The van der Waals surface area contributed by atoms with Crippen LogP contribution >= 0.6 is 0 Å². The molecule has 4 nitrogen and oxygen atoms in total. The fraction of sp³-hybridized carbons (Fsp3) is 0.833. The van der Waals surface area contributed by atoms with Crippen molar-refractivity contribution in [2.45, 2.75) is 46.1 Å². The minimum Gasteiger partial charge on any atom is -0.481 e. The van der Waals surface area contributed by atoms with Crippen LogP contribution in [0.15, 0.2) is 0 Å². The quantitative estimate of drug-likeness (QED) is 0.767. The van der Waals surface area contributed by atoms with Gasteiger partial charge < -0.3 is 10.4 Å². The summed E-state index contributed by atoms with van der Waals surface area (Å²) in [6.07, 6.45) is 1.82. The van der Waals surface area contributed by atoms with Crippen molar-refractivity contribution in [1.82, 2.24) is 5.32 Å². The number of carbonyl (C=O) groups excluding carboxylic acids is 1. The number of carboxylic acids is 1. The molecule has 0 saturated heterocycles. The van der Waals surface area contributed by atoms with Gasteiger partial charge in [0, 0.05) is 12.0 Å². The van der Waals surface area contributed by atoms with Crippen LogP contribution < -0.4 is 5.32 Å². The molecule has 0 aromatic heterocycles. The van der Waals surface area contributed by atoms with E-state index in [1.165, 1.54) is 0 Å². The molecule has 4 heteroatoms. The van der Waals surface area contributed by atoms with Crippen molar-refractivity contribution < 1.29 is 14.7 Å². The Morgan fingerprint density at radius 3 is 2.19 bits per heavy atom. The largest absolute Gasteiger partial charge is 0.481 e. The average molecular weight is 227 g/mol. The zero-order valence-corrected chi connectivity index (χ0v) is 10.2. The molecule has 0 aromatic rings. The molecule has 1 aliphatic rings. The van der Waals surface area contributed by atoms with Crippen LogP contribution in [-0.4, -0.2) is 23.0 Å². The van der Waals surface area contributed by atoms with Crippen LogP contribution in [0.3, 0.4) is 0 Å². The molecular weight excluding hydrogens is 206 g/mol. The van der Waals surface area contributed by atoms with Crippen molar-refractivity contribution >= 4 is 11.9 Å². The van der Waals surface area contributed by atoms with Crippen LogP contribution in [0.5, 0.6) is 0 Å². The summed E-state index contributed by atoms with van der Waals surface area (Å²) in [5.41, 5.74) is 0. The molecule has 1 amide bonds. The van der Waals surface area contributed by atoms with E-state index in [-0.39, 0.29) is 23.8 Å². The van der Waals surface area contributed by atoms with E-state index in [9.17, 15) is 9.59 Å². The second kappa shape index (κ2) is 5.32. The van der Waals surface area contributed by atoms with Gasteiger partial charge >= 0.3 is 5.97 Å². The monoisotopic (exact) mass is 227 g/mol. The molecule has 1 saturated carbocycles. The summed E-state index contributed by atoms with van der Waals surface area (Å²) in [6.45, 7) is 6.09. The van der Waals surface area contributed by atoms with Gasteiger partial charge in [0.2, 0.25) is 5.91 Å². The Hall–Kier alpha value is -1.06. The number of hydrogen-bond donors (Lipinski definition) is 2. The van der Waals surface area contributed by atoms with Gasteiger partial charge in [0.25, 0.3) is 0 Å². The lowest BCUT2D eigenvalue weighted by Crippen LogP contribution is -2.39. The Labute approximate surface area is 96.4 Å². The predicted molar refractivity (Wildman–Crippen MR) is 60.9 cm³/mol. The van der Waals surface area contributed by atoms with Crippen molar-refractivity contribution in [2.24, 2.45) is 17.8 Å². The van der Waals surface area contributed by atoms with Crippen LogP contribution in [0.1, 0.15) is 40.0 Å². The standard InChI is InChI=1S/C12H21NO3/c1-7(2)8(3)13-11(14)9-4-5-10(6-9)12(15)16/h7-10H,4-6H2,1-3H3,(H,13,14)(H,15,16). The summed E-state index contributed by atoms with van der Waals surface area (Å²) in [4.78, 5) is 22.6. The van der Waals surface area contributed by atoms with Crippen molar-refractivity contribution in [2.75, 3.05) is 0 Å². The molecule has 3 unspecified atom stereocenters. The van der Waals surface area contributed by atoms with Gasteiger partial charge in [0.1, 0.15) is 0 Å². The van der Waals surface area contributed by atoms with Gasteiger partial charge in [-0.15, -0.1) is 0 Å². The maximum Gasteiger partial charge on any atom is 0.306 e. The predicted octanol–water partition coefficient (Wildman–Crippen LogP) is 1.65. The molecule has 92 valence electrons. The lowest BCUT2D eigenvalue weighted by Gasteiger charge is -2.19. The lowest BCUT2D eigenvalue weighted by atomic mass is 10.0. The van der Waals surface area contributed by atoms with Crippen molar-refractivity contribution in [3.8, 4) is 0 Å². The van der Waals surface area contributed by atoms with Crippen LogP contribution in [0.4, 0.5) is 0 Å². The number of carboxylic acid groups (broad SMARTS) is 1. The number of hydrogen-bond acceptors (Lipinski definition) is 2. The molecule has 2 N–H and O–H groups in total. The molecule has 3 atom stereocenters. The Balaban J connectivity index is 2.42. The van der Waals surface area contributed by atoms with E-state index in [0.29, 0.717) is 25.2 Å². The highest BCUT2D eigenvalue weighted by molar-refractivity contribution is 5.81. The number of nitrogens with one attached hydrogen (secondary N) is 1. The van der Waals surface area contributed by atoms with Crippen molar-refractivity contribution in [1.29, 1.82) is 0 Å². The molecule has 0 aromatic carbocycles. The highest BCUT2D eigenvalue weighted by Gasteiger charge is 2.34. The molecule has 0 aliphatic heterocycles. The van der Waals surface area contributed by atoms with Crippen LogP contribution in [-0.2, 0) is 9.59 Å². The summed E-state index contributed by atoms with van der Waals surface area (Å²) in [7, 11) is 0. The Bertz CT molecular complexity index is 275. The van der Waals surface area contributed by atoms with E-state index in [0.717, 1.165) is 0 Å². The van der Waals surface area contributed by atoms with Gasteiger partial charge in [0.05, 0.1) is 5.92 Å². The first kappa shape index (κ1) is 13.0. The van der Waals surface area contributed by atoms with Gasteiger partial charge in [-0.1, -0.05) is 13.8 Å². The molecular formula is C12H21NO3. The van der Waals surface area contributed by atoms with E-state index in [2.05, 4.69) is 19.2 Å². The zero-order valence-electron chi connectivity index (χ0n) is 10.2. The first-order valence-corrected chi connectivity index (χ1v) is 5.95. The van der Waals surface area contributed by atoms with Crippen molar-refractivity contribution in [3.63, 3.8) is 0 Å². The summed E-state index contributed by atoms with van der Waals surface area (Å²) in [5.74, 6) is -0.787. The van der Waals surface area contributed by atoms with Gasteiger partial charge in [-0.2, -0.15) is 0 Å². The molecule has 0 spiro atoms. The SMILES string of the molecule is CC(C)C(C)NC(=O)C1CCC(C(=O)O)C1. The van der Waals surface area contributed by atoms with E-state index >= 15 is 0 Å². The third-order valence-electron chi connectivity index (χ3n) is 3.52. The highest BCUT2D eigenvalue weighted by atomic mass is 16.4. The summed E-state index contributed by atoms with van der Waals surface area (Å²) in [5, 5.41) is 11.8. The summed E-state index contributed by atoms with van der Waals surface area (Å²) < 4.78 is 0. The minimum atomic E-state index is -0.771. The third kappa shape index (κ3) is 3.22. The van der Waals surface area contributed by atoms with Crippen molar-refractivity contribution in [3.05, 3.63) is 0 Å². The topological polar surface area (TPSA) is 66.4 Å². The Morgan fingerprint density at radius 1 is 1.19 bits per heavy atom. The second-order valence-electron chi connectivity index (χ2n) is 5.09. The Morgan fingerprint density at radius 2 is 1.75 bits per heavy atom. The van der Waals surface area contributed by atoms with Gasteiger partial charge in [-0.05, 0) is 32.1 Å². The molecule has 16 heavy (non-hydrogen) atoms. The fourth-order valence-electron chi connectivity index (χ4n) is 1.95. The van der Waals surface area contributed by atoms with E-state index in [1.807, 2.05) is 6.92 Å². The Kier molecular flexibility index (Phi) is 4.33. The maximum absolute atomic E-state index is 11.8. The van der Waals surface area contributed by atoms with E-state index in [4.69, 9.17) is 5.11 Å². The third-order valence-corrected chi connectivity index (χ3v) is 3.52. The molecule has 0 bridgehead atoms. The highest BCUT2D eigenvalue weighted by Crippen LogP contribution is 2.31. The molecule has 0 radical (unpaired) electrons. The maximum atomic E-state index is 11.8. The van der Waals surface area contributed by atoms with E-state index < -0.39 is 5.97 Å². The molecule has 0 heterocycles. The number of aliphatic carboxylic acids is 1. The fourth-order valence-corrected chi connectivity index (χ4v) is 1.95.